The maximum absolute atomic E-state index is 6.20. The van der Waals surface area contributed by atoms with Gasteiger partial charge in [-0.25, -0.2) is 0 Å². The van der Waals surface area contributed by atoms with Crippen molar-refractivity contribution in [1.82, 2.24) is 10.1 Å². The molecule has 1 aromatic heterocycles. The van der Waals surface area contributed by atoms with Crippen LogP contribution < -0.4 is 5.73 Å². The summed E-state index contributed by atoms with van der Waals surface area (Å²) in [6.07, 6.45) is 2.99. The summed E-state index contributed by atoms with van der Waals surface area (Å²) in [7, 11) is 0. The molecular weight excluding hydrogens is 294 g/mol. The maximum Gasteiger partial charge on any atom is 0.239 e. The summed E-state index contributed by atoms with van der Waals surface area (Å²) in [6, 6.07) is 7.73. The highest BCUT2D eigenvalue weighted by molar-refractivity contribution is 7.99. The van der Waals surface area contributed by atoms with Gasteiger partial charge in [0.05, 0.1) is 15.8 Å². The van der Waals surface area contributed by atoms with Gasteiger partial charge < -0.3 is 10.3 Å². The molecule has 2 aromatic rings. The second-order valence-corrected chi connectivity index (χ2v) is 6.95. The van der Waals surface area contributed by atoms with Gasteiger partial charge in [0.2, 0.25) is 5.89 Å². The highest BCUT2D eigenvalue weighted by atomic mass is 35.5. The fourth-order valence-corrected chi connectivity index (χ4v) is 3.35. The minimum atomic E-state index is -0.378. The largest absolute Gasteiger partial charge is 0.338 e. The number of nitrogens with two attached hydrogens (primary N) is 1. The second-order valence-electron chi connectivity index (χ2n) is 5.16. The fraction of sp³-hybridized carbons (Fsp3) is 0.429. The lowest BCUT2D eigenvalue weighted by Gasteiger charge is -2.34. The lowest BCUT2D eigenvalue weighted by Crippen LogP contribution is -2.44. The molecule has 0 radical (unpaired) electrons. The first-order valence-electron chi connectivity index (χ1n) is 6.63. The smallest absolute Gasteiger partial charge is 0.239 e. The van der Waals surface area contributed by atoms with Crippen LogP contribution in [0.15, 0.2) is 33.7 Å². The van der Waals surface area contributed by atoms with Crippen molar-refractivity contribution < 1.29 is 4.52 Å². The number of hydrogen-bond donors (Lipinski definition) is 1. The maximum atomic E-state index is 6.20. The molecule has 3 rings (SSSR count). The molecule has 0 spiro atoms. The first-order chi connectivity index (χ1) is 9.58. The van der Waals surface area contributed by atoms with Crippen LogP contribution in [0.3, 0.4) is 0 Å². The minimum Gasteiger partial charge on any atom is -0.338 e. The van der Waals surface area contributed by atoms with E-state index in [4.69, 9.17) is 21.9 Å². The summed E-state index contributed by atoms with van der Waals surface area (Å²) in [4.78, 5) is 5.47. The molecule has 4 nitrogen and oxygen atoms in total. The van der Waals surface area contributed by atoms with Crippen LogP contribution in [-0.4, -0.2) is 10.1 Å². The van der Waals surface area contributed by atoms with E-state index in [-0.39, 0.29) is 10.8 Å². The molecule has 1 aromatic carbocycles. The van der Waals surface area contributed by atoms with Crippen molar-refractivity contribution >= 4 is 23.4 Å². The number of thioether (sulfide) groups is 1. The molecule has 0 amide bonds. The normalized spacial score (nSPS) is 18.6. The Bertz CT molecular complexity index is 612. The highest BCUT2D eigenvalue weighted by Crippen LogP contribution is 2.40. The SMILES string of the molecule is CC(Sc1ccccc1Cl)c1nc(C2(N)CCC2)no1. The van der Waals surface area contributed by atoms with E-state index in [0.717, 1.165) is 29.2 Å². The summed E-state index contributed by atoms with van der Waals surface area (Å²) in [5, 5.41) is 4.81. The second kappa shape index (κ2) is 5.39. The van der Waals surface area contributed by atoms with Crippen LogP contribution in [0.25, 0.3) is 0 Å². The molecule has 0 aliphatic heterocycles. The van der Waals surface area contributed by atoms with Gasteiger partial charge in [-0.1, -0.05) is 28.9 Å². The van der Waals surface area contributed by atoms with Gasteiger partial charge in [-0.2, -0.15) is 4.98 Å². The Morgan fingerprint density at radius 2 is 2.15 bits per heavy atom. The fourth-order valence-electron chi connectivity index (χ4n) is 2.17. The van der Waals surface area contributed by atoms with E-state index in [1.807, 2.05) is 31.2 Å². The summed E-state index contributed by atoms with van der Waals surface area (Å²) in [5.41, 5.74) is 5.82. The van der Waals surface area contributed by atoms with Crippen molar-refractivity contribution in [3.05, 3.63) is 41.0 Å². The van der Waals surface area contributed by atoms with E-state index >= 15 is 0 Å². The molecule has 1 saturated carbocycles. The number of benzene rings is 1. The van der Waals surface area contributed by atoms with Crippen LogP contribution in [0.2, 0.25) is 5.02 Å². The topological polar surface area (TPSA) is 64.9 Å². The van der Waals surface area contributed by atoms with Gasteiger partial charge >= 0.3 is 0 Å². The van der Waals surface area contributed by atoms with Crippen LogP contribution >= 0.6 is 23.4 Å². The molecule has 1 unspecified atom stereocenters. The summed E-state index contributed by atoms with van der Waals surface area (Å²) < 4.78 is 5.36. The number of hydrogen-bond acceptors (Lipinski definition) is 5. The molecule has 6 heteroatoms. The van der Waals surface area contributed by atoms with Gasteiger partial charge in [0.25, 0.3) is 0 Å². The average Bonchev–Trinajstić information content (AvgIpc) is 2.88. The van der Waals surface area contributed by atoms with E-state index in [2.05, 4.69) is 10.1 Å². The first kappa shape index (κ1) is 13.9. The first-order valence-corrected chi connectivity index (χ1v) is 7.88. The Labute approximate surface area is 127 Å². The zero-order valence-electron chi connectivity index (χ0n) is 11.2. The summed E-state index contributed by atoms with van der Waals surface area (Å²) in [5.74, 6) is 1.23. The van der Waals surface area contributed by atoms with Gasteiger partial charge in [0, 0.05) is 4.90 Å². The number of aromatic nitrogens is 2. The Balaban J connectivity index is 1.75. The predicted octanol–water partition coefficient (Wildman–Crippen LogP) is 3.91. The number of nitrogens with zero attached hydrogens (tertiary/aromatic N) is 2. The number of rotatable bonds is 4. The van der Waals surface area contributed by atoms with Gasteiger partial charge in [0.15, 0.2) is 5.82 Å². The molecule has 0 saturated heterocycles. The Kier molecular flexibility index (Phi) is 3.75. The van der Waals surface area contributed by atoms with Crippen molar-refractivity contribution in [1.29, 1.82) is 0 Å². The van der Waals surface area contributed by atoms with Crippen LogP contribution in [-0.2, 0) is 5.54 Å². The molecule has 106 valence electrons. The molecular formula is C14H16ClN3OS. The molecule has 1 fully saturated rings. The van der Waals surface area contributed by atoms with E-state index in [1.165, 1.54) is 0 Å². The monoisotopic (exact) mass is 309 g/mol. The van der Waals surface area contributed by atoms with E-state index in [1.54, 1.807) is 11.8 Å². The van der Waals surface area contributed by atoms with Crippen molar-refractivity contribution in [2.24, 2.45) is 5.73 Å². The molecule has 1 aliphatic carbocycles. The Morgan fingerprint density at radius 3 is 2.80 bits per heavy atom. The Morgan fingerprint density at radius 1 is 1.40 bits per heavy atom. The highest BCUT2D eigenvalue weighted by Gasteiger charge is 2.39. The van der Waals surface area contributed by atoms with Gasteiger partial charge in [-0.05, 0) is 38.3 Å². The van der Waals surface area contributed by atoms with Gasteiger partial charge in [-0.15, -0.1) is 11.8 Å². The zero-order chi connectivity index (χ0) is 14.2. The molecule has 0 bridgehead atoms. The van der Waals surface area contributed by atoms with Crippen molar-refractivity contribution in [3.63, 3.8) is 0 Å². The van der Waals surface area contributed by atoms with Crippen LogP contribution in [0.1, 0.15) is 43.2 Å². The third-order valence-corrected chi connectivity index (χ3v) is 5.23. The molecule has 20 heavy (non-hydrogen) atoms. The number of halogens is 1. The molecule has 1 atom stereocenters. The zero-order valence-corrected chi connectivity index (χ0v) is 12.7. The minimum absolute atomic E-state index is 0.0415. The van der Waals surface area contributed by atoms with Crippen LogP contribution in [0.5, 0.6) is 0 Å². The van der Waals surface area contributed by atoms with E-state index in [0.29, 0.717) is 11.7 Å². The quantitative estimate of drug-likeness (QED) is 0.867. The lowest BCUT2D eigenvalue weighted by molar-refractivity contribution is 0.229. The standard InChI is InChI=1S/C14H16ClN3OS/c1-9(20-11-6-3-2-5-10(11)15)12-17-13(18-19-12)14(16)7-4-8-14/h2-3,5-6,9H,4,7-8,16H2,1H3. The molecule has 1 heterocycles. The van der Waals surface area contributed by atoms with E-state index in [9.17, 15) is 0 Å². The summed E-state index contributed by atoms with van der Waals surface area (Å²) in [6.45, 7) is 2.02. The van der Waals surface area contributed by atoms with Crippen LogP contribution in [0.4, 0.5) is 0 Å². The predicted molar refractivity (Wildman–Crippen MR) is 79.7 cm³/mol. The third kappa shape index (κ3) is 2.57. The van der Waals surface area contributed by atoms with Crippen molar-refractivity contribution in [2.75, 3.05) is 0 Å². The van der Waals surface area contributed by atoms with Crippen molar-refractivity contribution in [2.45, 2.75) is 41.9 Å². The molecule has 1 aliphatic rings. The van der Waals surface area contributed by atoms with Crippen LogP contribution in [0, 0.1) is 0 Å². The third-order valence-electron chi connectivity index (χ3n) is 3.62. The van der Waals surface area contributed by atoms with Gasteiger partial charge in [0.1, 0.15) is 0 Å². The Hall–Kier alpha value is -1.04. The van der Waals surface area contributed by atoms with E-state index < -0.39 is 0 Å². The molecule has 2 N–H and O–H groups in total. The average molecular weight is 310 g/mol. The summed E-state index contributed by atoms with van der Waals surface area (Å²) >= 11 is 7.76. The lowest BCUT2D eigenvalue weighted by atomic mass is 9.77. The van der Waals surface area contributed by atoms with Crippen molar-refractivity contribution in [3.8, 4) is 0 Å². The van der Waals surface area contributed by atoms with Gasteiger partial charge in [-0.3, -0.25) is 0 Å².